The molecule has 0 aliphatic carbocycles. The molecule has 1 aliphatic heterocycles. The van der Waals surface area contributed by atoms with Crippen molar-refractivity contribution in [2.75, 3.05) is 46.4 Å². The van der Waals surface area contributed by atoms with Gasteiger partial charge in [0.15, 0.2) is 0 Å². The molecule has 0 aromatic heterocycles. The molecule has 2 aromatic carbocycles. The van der Waals surface area contributed by atoms with Gasteiger partial charge in [0.2, 0.25) is 20.0 Å². The van der Waals surface area contributed by atoms with Crippen LogP contribution >= 0.6 is 0 Å². The zero-order valence-corrected chi connectivity index (χ0v) is 18.9. The highest BCUT2D eigenvalue weighted by Gasteiger charge is 2.28. The summed E-state index contributed by atoms with van der Waals surface area (Å²) in [6.07, 6.45) is 0.827. The minimum atomic E-state index is -3.86. The van der Waals surface area contributed by atoms with E-state index in [9.17, 15) is 16.8 Å². The lowest BCUT2D eigenvalue weighted by Gasteiger charge is -2.34. The van der Waals surface area contributed by atoms with E-state index in [1.165, 1.54) is 28.6 Å². The van der Waals surface area contributed by atoms with Crippen LogP contribution in [0.5, 0.6) is 11.5 Å². The number of benzene rings is 2. The Morgan fingerprint density at radius 2 is 1.39 bits per heavy atom. The fraction of sp³-hybridized carbons (Fsp3) is 0.400. The maximum Gasteiger partial charge on any atom is 0.243 e. The van der Waals surface area contributed by atoms with Crippen molar-refractivity contribution in [2.45, 2.75) is 16.2 Å². The van der Waals surface area contributed by atoms with Crippen LogP contribution in [0.3, 0.4) is 0 Å². The molecule has 0 unspecified atom stereocenters. The van der Waals surface area contributed by atoms with Crippen LogP contribution in [0.2, 0.25) is 0 Å². The fourth-order valence-electron chi connectivity index (χ4n) is 3.29. The van der Waals surface area contributed by atoms with Crippen molar-refractivity contribution < 1.29 is 26.3 Å². The minimum Gasteiger partial charge on any atom is -0.497 e. The topological polar surface area (TPSA) is 119 Å². The first-order chi connectivity index (χ1) is 14.7. The summed E-state index contributed by atoms with van der Waals surface area (Å²) in [4.78, 5) is 2.14. The van der Waals surface area contributed by atoms with E-state index in [0.29, 0.717) is 32.8 Å². The number of hydrogen-bond acceptors (Lipinski definition) is 7. The molecule has 3 rings (SSSR count). The van der Waals surface area contributed by atoms with Gasteiger partial charge < -0.3 is 14.4 Å². The number of sulfonamides is 2. The molecule has 170 valence electrons. The Kier molecular flexibility index (Phi) is 7.55. The van der Waals surface area contributed by atoms with Crippen LogP contribution in [0, 0.1) is 0 Å². The lowest BCUT2D eigenvalue weighted by atomic mass is 10.3. The normalized spacial score (nSPS) is 16.2. The van der Waals surface area contributed by atoms with Gasteiger partial charge in [0.1, 0.15) is 11.5 Å². The standard InChI is InChI=1S/C20H27N3O6S2/c1-28-17-3-5-18(6-4-17)29-16-2-11-22-12-14-23(15-13-22)31(26,27)20-9-7-19(8-10-20)30(21,24)25/h3-10H,2,11-16H2,1H3,(H2,21,24,25). The second kappa shape index (κ2) is 9.96. The fourth-order valence-corrected chi connectivity index (χ4v) is 5.23. The van der Waals surface area contributed by atoms with Gasteiger partial charge in [-0.25, -0.2) is 22.0 Å². The summed E-state index contributed by atoms with van der Waals surface area (Å²) in [6.45, 7) is 3.37. The van der Waals surface area contributed by atoms with Gasteiger partial charge >= 0.3 is 0 Å². The summed E-state index contributed by atoms with van der Waals surface area (Å²) in [5.41, 5.74) is 0. The summed E-state index contributed by atoms with van der Waals surface area (Å²) >= 11 is 0. The molecular weight excluding hydrogens is 442 g/mol. The molecule has 2 N–H and O–H groups in total. The van der Waals surface area contributed by atoms with Crippen LogP contribution < -0.4 is 14.6 Å². The number of methoxy groups -OCH3 is 1. The van der Waals surface area contributed by atoms with Crippen LogP contribution in [0.4, 0.5) is 0 Å². The third-order valence-electron chi connectivity index (χ3n) is 5.07. The SMILES string of the molecule is COc1ccc(OCCCN2CCN(S(=O)(=O)c3ccc(S(N)(=O)=O)cc3)CC2)cc1. The Labute approximate surface area is 183 Å². The van der Waals surface area contributed by atoms with Crippen molar-refractivity contribution in [1.29, 1.82) is 0 Å². The van der Waals surface area contributed by atoms with E-state index in [1.807, 2.05) is 24.3 Å². The molecule has 11 heteroatoms. The molecule has 0 atom stereocenters. The van der Waals surface area contributed by atoms with Crippen molar-refractivity contribution in [2.24, 2.45) is 5.14 Å². The third-order valence-corrected chi connectivity index (χ3v) is 7.91. The van der Waals surface area contributed by atoms with Crippen molar-refractivity contribution in [3.05, 3.63) is 48.5 Å². The van der Waals surface area contributed by atoms with E-state index in [0.717, 1.165) is 24.5 Å². The highest BCUT2D eigenvalue weighted by atomic mass is 32.2. The molecule has 1 saturated heterocycles. The van der Waals surface area contributed by atoms with Crippen LogP contribution in [-0.2, 0) is 20.0 Å². The Bertz CT molecular complexity index is 1060. The number of primary sulfonamides is 1. The summed E-state index contributed by atoms with van der Waals surface area (Å²) in [5.74, 6) is 1.56. The molecule has 0 spiro atoms. The number of ether oxygens (including phenoxy) is 2. The molecule has 31 heavy (non-hydrogen) atoms. The van der Waals surface area contributed by atoms with E-state index in [-0.39, 0.29) is 9.79 Å². The van der Waals surface area contributed by atoms with Gasteiger partial charge in [-0.3, -0.25) is 0 Å². The van der Waals surface area contributed by atoms with Crippen LogP contribution in [-0.4, -0.2) is 72.5 Å². The van der Waals surface area contributed by atoms with Crippen molar-refractivity contribution in [1.82, 2.24) is 9.21 Å². The van der Waals surface area contributed by atoms with Gasteiger partial charge in [-0.05, 0) is 55.0 Å². The van der Waals surface area contributed by atoms with Gasteiger partial charge in [0.25, 0.3) is 0 Å². The zero-order valence-electron chi connectivity index (χ0n) is 17.3. The number of nitrogens with two attached hydrogens (primary N) is 1. The Hall–Kier alpha value is -2.18. The van der Waals surface area contributed by atoms with Gasteiger partial charge in [0.05, 0.1) is 23.5 Å². The van der Waals surface area contributed by atoms with Gasteiger partial charge in [-0.2, -0.15) is 4.31 Å². The van der Waals surface area contributed by atoms with Gasteiger partial charge in [-0.1, -0.05) is 0 Å². The Morgan fingerprint density at radius 3 is 1.94 bits per heavy atom. The maximum absolute atomic E-state index is 12.8. The van der Waals surface area contributed by atoms with Crippen molar-refractivity contribution in [3.63, 3.8) is 0 Å². The monoisotopic (exact) mass is 469 g/mol. The third kappa shape index (κ3) is 6.17. The Morgan fingerprint density at radius 1 is 0.839 bits per heavy atom. The van der Waals surface area contributed by atoms with Crippen LogP contribution in [0.1, 0.15) is 6.42 Å². The molecule has 1 aliphatic rings. The average Bonchev–Trinajstić information content (AvgIpc) is 2.77. The van der Waals surface area contributed by atoms with E-state index in [2.05, 4.69) is 4.90 Å². The zero-order chi connectivity index (χ0) is 22.5. The van der Waals surface area contributed by atoms with Gasteiger partial charge in [-0.15, -0.1) is 0 Å². The molecule has 9 nitrogen and oxygen atoms in total. The van der Waals surface area contributed by atoms with Crippen LogP contribution in [0.15, 0.2) is 58.3 Å². The van der Waals surface area contributed by atoms with E-state index in [4.69, 9.17) is 14.6 Å². The molecule has 1 fully saturated rings. The summed E-state index contributed by atoms with van der Waals surface area (Å²) in [7, 11) is -5.92. The van der Waals surface area contributed by atoms with E-state index < -0.39 is 20.0 Å². The van der Waals surface area contributed by atoms with E-state index in [1.54, 1.807) is 7.11 Å². The summed E-state index contributed by atoms with van der Waals surface area (Å²) in [6, 6.07) is 12.4. The molecule has 2 aromatic rings. The van der Waals surface area contributed by atoms with Crippen LogP contribution in [0.25, 0.3) is 0 Å². The largest absolute Gasteiger partial charge is 0.497 e. The number of nitrogens with zero attached hydrogens (tertiary/aromatic N) is 2. The Balaban J connectivity index is 1.45. The highest BCUT2D eigenvalue weighted by molar-refractivity contribution is 7.89. The van der Waals surface area contributed by atoms with Crippen molar-refractivity contribution >= 4 is 20.0 Å². The maximum atomic E-state index is 12.8. The first-order valence-electron chi connectivity index (χ1n) is 9.82. The predicted molar refractivity (Wildman–Crippen MR) is 116 cm³/mol. The van der Waals surface area contributed by atoms with Gasteiger partial charge in [0, 0.05) is 32.7 Å². The average molecular weight is 470 g/mol. The summed E-state index contributed by atoms with van der Waals surface area (Å²) < 4.78 is 60.6. The second-order valence-corrected chi connectivity index (χ2v) is 10.6. The number of hydrogen-bond donors (Lipinski definition) is 1. The molecule has 0 saturated carbocycles. The molecule has 0 bridgehead atoms. The quantitative estimate of drug-likeness (QED) is 0.547. The molecule has 0 radical (unpaired) electrons. The first-order valence-corrected chi connectivity index (χ1v) is 12.8. The minimum absolute atomic E-state index is 0.0567. The van der Waals surface area contributed by atoms with E-state index >= 15 is 0 Å². The lowest BCUT2D eigenvalue weighted by Crippen LogP contribution is -2.48. The first kappa shape index (κ1) is 23.5. The van der Waals surface area contributed by atoms with Crippen molar-refractivity contribution in [3.8, 4) is 11.5 Å². The lowest BCUT2D eigenvalue weighted by molar-refractivity contribution is 0.174. The smallest absolute Gasteiger partial charge is 0.243 e. The molecule has 0 amide bonds. The second-order valence-electron chi connectivity index (χ2n) is 7.14. The highest BCUT2D eigenvalue weighted by Crippen LogP contribution is 2.20. The number of piperazine rings is 1. The molecular formula is C20H27N3O6S2. The summed E-state index contributed by atoms with van der Waals surface area (Å²) in [5, 5.41) is 5.06. The molecule has 1 heterocycles. The number of rotatable bonds is 9. The predicted octanol–water partition coefficient (Wildman–Crippen LogP) is 1.12.